The van der Waals surface area contributed by atoms with E-state index in [0.29, 0.717) is 0 Å². The van der Waals surface area contributed by atoms with E-state index in [-0.39, 0.29) is 5.41 Å². The van der Waals surface area contributed by atoms with Crippen molar-refractivity contribution in [3.63, 3.8) is 0 Å². The fourth-order valence-electron chi connectivity index (χ4n) is 5.27. The lowest BCUT2D eigenvalue weighted by molar-refractivity contribution is 0.509. The molecule has 5 rings (SSSR count). The monoisotopic (exact) mass is 486 g/mol. The molecule has 37 heavy (non-hydrogen) atoms. The summed E-state index contributed by atoms with van der Waals surface area (Å²) in [6.45, 7) is 11.0. The molecule has 0 fully saturated rings. The highest BCUT2D eigenvalue weighted by atomic mass is 15.2. The van der Waals surface area contributed by atoms with Crippen LogP contribution in [0, 0.1) is 5.41 Å². The van der Waals surface area contributed by atoms with Crippen molar-refractivity contribution in [3.8, 4) is 11.1 Å². The first kappa shape index (κ1) is 24.9. The van der Waals surface area contributed by atoms with Gasteiger partial charge in [-0.3, -0.25) is 0 Å². The summed E-state index contributed by atoms with van der Waals surface area (Å²) < 4.78 is 0. The Bertz CT molecular complexity index is 1400. The summed E-state index contributed by atoms with van der Waals surface area (Å²) >= 11 is 0. The molecule has 2 aliphatic rings. The lowest BCUT2D eigenvalue weighted by Crippen LogP contribution is -2.29. The molecular weight excluding hydrogens is 448 g/mol. The molecule has 0 radical (unpaired) electrons. The van der Waals surface area contributed by atoms with E-state index in [1.807, 2.05) is 0 Å². The number of benzene rings is 3. The molecule has 0 saturated carbocycles. The molecule has 0 bridgehead atoms. The van der Waals surface area contributed by atoms with Gasteiger partial charge in [0.1, 0.15) is 0 Å². The van der Waals surface area contributed by atoms with Gasteiger partial charge in [-0.05, 0) is 58.4 Å². The van der Waals surface area contributed by atoms with Crippen LogP contribution in [0.25, 0.3) is 22.5 Å². The van der Waals surface area contributed by atoms with Crippen molar-refractivity contribution < 1.29 is 0 Å². The van der Waals surface area contributed by atoms with Crippen molar-refractivity contribution in [2.45, 2.75) is 34.1 Å². The lowest BCUT2D eigenvalue weighted by atomic mass is 9.83. The largest absolute Gasteiger partial charge is 0.370 e. The molecule has 0 spiro atoms. The number of rotatable bonds is 5. The zero-order chi connectivity index (χ0) is 26.0. The van der Waals surface area contributed by atoms with Crippen LogP contribution in [0.5, 0.6) is 0 Å². The second-order valence-corrected chi connectivity index (χ2v) is 11.1. The first-order valence-electron chi connectivity index (χ1n) is 13.4. The standard InChI is InChI=1S/C35H38N2/c1-6-26-19-20-32(36(5)25-26)31-17-10-11-18-33(31)37-22-21-30(35(2,3)4)24-34(37)29-16-12-15-28(23-29)27-13-8-7-9-14-27/h7-21,23-24H,6,22,25H2,1-5H3. The van der Waals surface area contributed by atoms with Gasteiger partial charge >= 0.3 is 0 Å². The molecule has 188 valence electrons. The van der Waals surface area contributed by atoms with Crippen molar-refractivity contribution >= 4 is 17.1 Å². The Hall–Kier alpha value is -3.78. The molecule has 2 heteroatoms. The third-order valence-corrected chi connectivity index (χ3v) is 7.46. The van der Waals surface area contributed by atoms with E-state index in [0.717, 1.165) is 19.5 Å². The van der Waals surface area contributed by atoms with E-state index in [1.54, 1.807) is 0 Å². The maximum Gasteiger partial charge on any atom is 0.0508 e. The van der Waals surface area contributed by atoms with E-state index < -0.39 is 0 Å². The minimum Gasteiger partial charge on any atom is -0.370 e. The molecule has 2 aliphatic heterocycles. The Labute approximate surface area is 222 Å². The highest BCUT2D eigenvalue weighted by Gasteiger charge is 2.26. The normalized spacial score (nSPS) is 16.1. The number of hydrogen-bond donors (Lipinski definition) is 0. The van der Waals surface area contributed by atoms with Crippen molar-refractivity contribution in [1.82, 2.24) is 4.90 Å². The zero-order valence-corrected chi connectivity index (χ0v) is 22.8. The van der Waals surface area contributed by atoms with Crippen LogP contribution in [0.3, 0.4) is 0 Å². The fraction of sp³-hybridized carbons (Fsp3) is 0.257. The minimum absolute atomic E-state index is 0.0847. The van der Waals surface area contributed by atoms with Gasteiger partial charge in [-0.25, -0.2) is 0 Å². The topological polar surface area (TPSA) is 6.48 Å². The van der Waals surface area contributed by atoms with Crippen LogP contribution >= 0.6 is 0 Å². The number of likely N-dealkylation sites (N-methyl/N-ethyl adjacent to an activating group) is 1. The second-order valence-electron chi connectivity index (χ2n) is 11.1. The number of hydrogen-bond acceptors (Lipinski definition) is 2. The molecule has 0 N–H and O–H groups in total. The first-order valence-corrected chi connectivity index (χ1v) is 13.4. The molecule has 0 aromatic heterocycles. The van der Waals surface area contributed by atoms with E-state index in [1.165, 1.54) is 50.5 Å². The number of anilines is 1. The summed E-state index contributed by atoms with van der Waals surface area (Å²) in [4.78, 5) is 4.87. The zero-order valence-electron chi connectivity index (χ0n) is 22.8. The highest BCUT2D eigenvalue weighted by Crippen LogP contribution is 2.40. The molecule has 0 saturated heterocycles. The molecule has 0 atom stereocenters. The van der Waals surface area contributed by atoms with Crippen LogP contribution in [-0.2, 0) is 0 Å². The van der Waals surface area contributed by atoms with Crippen molar-refractivity contribution in [1.29, 1.82) is 0 Å². The van der Waals surface area contributed by atoms with E-state index >= 15 is 0 Å². The molecule has 3 aromatic rings. The quantitative estimate of drug-likeness (QED) is 0.355. The number of para-hydroxylation sites is 1. The summed E-state index contributed by atoms with van der Waals surface area (Å²) in [5.74, 6) is 0. The van der Waals surface area contributed by atoms with Gasteiger partial charge in [-0.2, -0.15) is 0 Å². The lowest BCUT2D eigenvalue weighted by Gasteiger charge is -2.36. The Morgan fingerprint density at radius 2 is 1.46 bits per heavy atom. The van der Waals surface area contributed by atoms with E-state index in [2.05, 4.69) is 148 Å². The summed E-state index contributed by atoms with van der Waals surface area (Å²) in [6.07, 6.45) is 10.5. The van der Waals surface area contributed by atoms with Crippen molar-refractivity contribution in [2.24, 2.45) is 5.41 Å². The van der Waals surface area contributed by atoms with Crippen LogP contribution in [0.15, 0.2) is 114 Å². The summed E-state index contributed by atoms with van der Waals surface area (Å²) in [6, 6.07) is 28.5. The average molecular weight is 487 g/mol. The smallest absolute Gasteiger partial charge is 0.0508 e. The second kappa shape index (κ2) is 10.3. The van der Waals surface area contributed by atoms with Crippen LogP contribution in [0.4, 0.5) is 5.69 Å². The number of allylic oxidation sites excluding steroid dienone is 4. The van der Waals surface area contributed by atoms with Crippen LogP contribution < -0.4 is 4.90 Å². The van der Waals surface area contributed by atoms with Crippen LogP contribution in [0.1, 0.15) is 45.2 Å². The molecule has 0 aliphatic carbocycles. The maximum atomic E-state index is 2.49. The third-order valence-electron chi connectivity index (χ3n) is 7.46. The Morgan fingerprint density at radius 1 is 0.757 bits per heavy atom. The molecule has 3 aromatic carbocycles. The van der Waals surface area contributed by atoms with Gasteiger partial charge in [0.05, 0.1) is 5.69 Å². The highest BCUT2D eigenvalue weighted by molar-refractivity contribution is 5.89. The van der Waals surface area contributed by atoms with Gasteiger partial charge in [-0.1, -0.05) is 112 Å². The maximum absolute atomic E-state index is 2.49. The molecule has 2 heterocycles. The van der Waals surface area contributed by atoms with E-state index in [9.17, 15) is 0 Å². The predicted octanol–water partition coefficient (Wildman–Crippen LogP) is 8.81. The molecule has 0 amide bonds. The van der Waals surface area contributed by atoms with Gasteiger partial charge in [0.25, 0.3) is 0 Å². The van der Waals surface area contributed by atoms with Crippen LogP contribution in [0.2, 0.25) is 0 Å². The Balaban J connectivity index is 1.62. The summed E-state index contributed by atoms with van der Waals surface area (Å²) in [7, 11) is 2.21. The fourth-order valence-corrected chi connectivity index (χ4v) is 5.27. The SMILES string of the molecule is CCC1=CC=C(c2ccccc2N2CC=C(C(C)(C)C)C=C2c2cccc(-c3ccccc3)c2)N(C)C1. The van der Waals surface area contributed by atoms with Crippen LogP contribution in [-0.4, -0.2) is 25.0 Å². The van der Waals surface area contributed by atoms with Gasteiger partial charge in [0, 0.05) is 37.1 Å². The first-order chi connectivity index (χ1) is 17.8. The van der Waals surface area contributed by atoms with Gasteiger partial charge in [0.15, 0.2) is 0 Å². The summed E-state index contributed by atoms with van der Waals surface area (Å²) in [5.41, 5.74) is 11.7. The van der Waals surface area contributed by atoms with Crippen molar-refractivity contribution in [3.05, 3.63) is 125 Å². The van der Waals surface area contributed by atoms with E-state index in [4.69, 9.17) is 0 Å². The molecule has 2 nitrogen and oxygen atoms in total. The van der Waals surface area contributed by atoms with Crippen molar-refractivity contribution in [2.75, 3.05) is 25.0 Å². The third kappa shape index (κ3) is 5.20. The van der Waals surface area contributed by atoms with Gasteiger partial charge < -0.3 is 9.80 Å². The predicted molar refractivity (Wildman–Crippen MR) is 160 cm³/mol. The minimum atomic E-state index is 0.0847. The van der Waals surface area contributed by atoms with Gasteiger partial charge in [0.2, 0.25) is 0 Å². The molecule has 0 unspecified atom stereocenters. The Morgan fingerprint density at radius 3 is 2.19 bits per heavy atom. The Kier molecular flexibility index (Phi) is 6.93. The van der Waals surface area contributed by atoms with Gasteiger partial charge in [-0.15, -0.1) is 0 Å². The number of nitrogens with zero attached hydrogens (tertiary/aromatic N) is 2. The average Bonchev–Trinajstić information content (AvgIpc) is 2.93. The molecular formula is C35H38N2. The summed E-state index contributed by atoms with van der Waals surface area (Å²) in [5, 5.41) is 0.